The highest BCUT2D eigenvalue weighted by molar-refractivity contribution is 6.00. The number of carbonyl (C=O) groups excluding carboxylic acids is 1. The summed E-state index contributed by atoms with van der Waals surface area (Å²) in [5, 5.41) is 16.2. The van der Waals surface area contributed by atoms with Crippen molar-refractivity contribution in [3.8, 4) is 11.8 Å². The SMILES string of the molecule is CC(C)(C)c1ccc(NC(=O)Nc2ccc([N+](=O)[O-])cc2)c(C#Cc2ccccn2)c1.O. The first-order valence-electron chi connectivity index (χ1n) is 9.62. The first-order valence-corrected chi connectivity index (χ1v) is 9.62. The number of amides is 2. The van der Waals surface area contributed by atoms with Gasteiger partial charge in [-0.3, -0.25) is 10.1 Å². The van der Waals surface area contributed by atoms with Crippen LogP contribution in [0.3, 0.4) is 0 Å². The number of rotatable bonds is 3. The first kappa shape index (κ1) is 24.1. The van der Waals surface area contributed by atoms with Crippen LogP contribution in [0.1, 0.15) is 37.6 Å². The van der Waals surface area contributed by atoms with Crippen molar-refractivity contribution < 1.29 is 15.2 Å². The minimum Gasteiger partial charge on any atom is -0.412 e. The van der Waals surface area contributed by atoms with Crippen molar-refractivity contribution in [2.45, 2.75) is 26.2 Å². The fourth-order valence-corrected chi connectivity index (χ4v) is 2.74. The molecule has 3 aromatic rings. The molecule has 0 aliphatic heterocycles. The molecule has 32 heavy (non-hydrogen) atoms. The minimum absolute atomic E-state index is 0. The highest BCUT2D eigenvalue weighted by Gasteiger charge is 2.16. The number of non-ortho nitro benzene ring substituents is 1. The molecule has 0 radical (unpaired) electrons. The fourth-order valence-electron chi connectivity index (χ4n) is 2.74. The summed E-state index contributed by atoms with van der Waals surface area (Å²) in [4.78, 5) is 27.0. The van der Waals surface area contributed by atoms with E-state index in [2.05, 4.69) is 48.2 Å². The smallest absolute Gasteiger partial charge is 0.323 e. The molecule has 0 unspecified atom stereocenters. The molecule has 1 aromatic heterocycles. The number of carbonyl (C=O) groups is 1. The van der Waals surface area contributed by atoms with Crippen LogP contribution < -0.4 is 10.6 Å². The first-order chi connectivity index (χ1) is 14.7. The quantitative estimate of drug-likeness (QED) is 0.358. The molecule has 0 fully saturated rings. The zero-order valence-electron chi connectivity index (χ0n) is 18.0. The van der Waals surface area contributed by atoms with Gasteiger partial charge >= 0.3 is 6.03 Å². The van der Waals surface area contributed by atoms with Gasteiger partial charge < -0.3 is 16.1 Å². The lowest BCUT2D eigenvalue weighted by molar-refractivity contribution is -0.384. The van der Waals surface area contributed by atoms with Gasteiger partial charge in [-0.2, -0.15) is 0 Å². The Morgan fingerprint density at radius 1 is 1.00 bits per heavy atom. The van der Waals surface area contributed by atoms with Gasteiger partial charge in [0.2, 0.25) is 0 Å². The number of nitrogens with zero attached hydrogens (tertiary/aromatic N) is 2. The maximum absolute atomic E-state index is 12.5. The van der Waals surface area contributed by atoms with Crippen molar-refractivity contribution in [1.82, 2.24) is 4.98 Å². The number of hydrogen-bond acceptors (Lipinski definition) is 4. The maximum Gasteiger partial charge on any atom is 0.323 e. The van der Waals surface area contributed by atoms with Crippen molar-refractivity contribution in [2.75, 3.05) is 10.6 Å². The predicted octanol–water partition coefficient (Wildman–Crippen LogP) is 4.51. The molecule has 3 rings (SSSR count). The lowest BCUT2D eigenvalue weighted by atomic mass is 9.86. The summed E-state index contributed by atoms with van der Waals surface area (Å²) in [6.45, 7) is 6.31. The van der Waals surface area contributed by atoms with Crippen LogP contribution in [0.4, 0.5) is 21.9 Å². The van der Waals surface area contributed by atoms with Crippen LogP contribution in [-0.2, 0) is 5.41 Å². The van der Waals surface area contributed by atoms with E-state index in [4.69, 9.17) is 0 Å². The molecule has 4 N–H and O–H groups in total. The van der Waals surface area contributed by atoms with Gasteiger partial charge in [0.05, 0.1) is 10.6 Å². The van der Waals surface area contributed by atoms with Crippen molar-refractivity contribution in [1.29, 1.82) is 0 Å². The van der Waals surface area contributed by atoms with Gasteiger partial charge in [0.1, 0.15) is 5.69 Å². The second-order valence-electron chi connectivity index (χ2n) is 7.86. The van der Waals surface area contributed by atoms with E-state index >= 15 is 0 Å². The number of nitro groups is 1. The Balaban J connectivity index is 0.00000363. The fraction of sp³-hybridized carbons (Fsp3) is 0.167. The van der Waals surface area contributed by atoms with Gasteiger partial charge in [-0.1, -0.05) is 38.8 Å². The largest absolute Gasteiger partial charge is 0.412 e. The molecular weight excluding hydrogens is 408 g/mol. The third-order valence-corrected chi connectivity index (χ3v) is 4.46. The van der Waals surface area contributed by atoms with Crippen molar-refractivity contribution in [3.63, 3.8) is 0 Å². The average Bonchev–Trinajstić information content (AvgIpc) is 2.73. The van der Waals surface area contributed by atoms with Crippen LogP contribution in [0, 0.1) is 22.0 Å². The Morgan fingerprint density at radius 2 is 1.72 bits per heavy atom. The van der Waals surface area contributed by atoms with E-state index in [0.29, 0.717) is 22.6 Å². The average molecular weight is 432 g/mol. The molecule has 1 heterocycles. The van der Waals surface area contributed by atoms with Gasteiger partial charge in [-0.05, 0) is 53.3 Å². The number of nitro benzene ring substituents is 1. The van der Waals surface area contributed by atoms with Gasteiger partial charge in [0, 0.05) is 29.6 Å². The standard InChI is InChI=1S/C24H22N4O3.H2O/c1-24(2,3)18-8-14-22(17(16-18)7-9-19-6-4-5-15-25-19)27-23(29)26-20-10-12-21(13-11-20)28(30)31;/h4-6,8,10-16H,1-3H3,(H2,26,27,29);1H2. The van der Waals surface area contributed by atoms with Gasteiger partial charge in [-0.25, -0.2) is 9.78 Å². The van der Waals surface area contributed by atoms with Crippen LogP contribution in [0.25, 0.3) is 0 Å². The summed E-state index contributed by atoms with van der Waals surface area (Å²) in [5.41, 5.74) is 3.24. The molecule has 164 valence electrons. The maximum atomic E-state index is 12.5. The van der Waals surface area contributed by atoms with Crippen LogP contribution >= 0.6 is 0 Å². The molecule has 0 aliphatic carbocycles. The number of pyridine rings is 1. The Morgan fingerprint density at radius 3 is 2.31 bits per heavy atom. The summed E-state index contributed by atoms with van der Waals surface area (Å²) >= 11 is 0. The zero-order chi connectivity index (χ0) is 22.4. The normalized spacial score (nSPS) is 10.2. The monoisotopic (exact) mass is 432 g/mol. The molecular formula is C24H24N4O4. The summed E-state index contributed by atoms with van der Waals surface area (Å²) in [6.07, 6.45) is 1.67. The molecule has 0 spiro atoms. The van der Waals surface area contributed by atoms with E-state index in [-0.39, 0.29) is 16.6 Å². The van der Waals surface area contributed by atoms with Crippen molar-refractivity contribution in [3.05, 3.63) is 93.8 Å². The van der Waals surface area contributed by atoms with Crippen LogP contribution in [0.15, 0.2) is 66.9 Å². The van der Waals surface area contributed by atoms with Gasteiger partial charge in [0.25, 0.3) is 5.69 Å². The van der Waals surface area contributed by atoms with Crippen molar-refractivity contribution >= 4 is 23.1 Å². The van der Waals surface area contributed by atoms with Gasteiger partial charge in [0.15, 0.2) is 0 Å². The van der Waals surface area contributed by atoms with Crippen molar-refractivity contribution in [2.24, 2.45) is 0 Å². The van der Waals surface area contributed by atoms with Crippen LogP contribution in [-0.4, -0.2) is 21.4 Å². The van der Waals surface area contributed by atoms with E-state index in [1.165, 1.54) is 24.3 Å². The van der Waals surface area contributed by atoms with E-state index in [1.54, 1.807) is 6.20 Å². The predicted molar refractivity (Wildman–Crippen MR) is 125 cm³/mol. The van der Waals surface area contributed by atoms with E-state index in [1.807, 2.05) is 36.4 Å². The lowest BCUT2D eigenvalue weighted by Gasteiger charge is -2.20. The summed E-state index contributed by atoms with van der Waals surface area (Å²) in [7, 11) is 0. The number of nitrogens with one attached hydrogen (secondary N) is 2. The Labute approximate surface area is 186 Å². The zero-order valence-corrected chi connectivity index (χ0v) is 18.0. The van der Waals surface area contributed by atoms with Gasteiger partial charge in [-0.15, -0.1) is 0 Å². The highest BCUT2D eigenvalue weighted by atomic mass is 16.6. The summed E-state index contributed by atoms with van der Waals surface area (Å²) in [5.74, 6) is 6.12. The second kappa shape index (κ2) is 10.2. The number of urea groups is 1. The van der Waals surface area contributed by atoms with E-state index < -0.39 is 11.0 Å². The molecule has 0 aliphatic rings. The minimum atomic E-state index is -0.493. The number of benzene rings is 2. The molecule has 8 nitrogen and oxygen atoms in total. The van der Waals surface area contributed by atoms with Crippen LogP contribution in [0.5, 0.6) is 0 Å². The molecule has 0 bridgehead atoms. The van der Waals surface area contributed by atoms with E-state index in [0.717, 1.165) is 5.56 Å². The van der Waals surface area contributed by atoms with E-state index in [9.17, 15) is 14.9 Å². The Hall–Kier alpha value is -4.22. The lowest BCUT2D eigenvalue weighted by Crippen LogP contribution is -2.20. The molecule has 0 saturated carbocycles. The highest BCUT2D eigenvalue weighted by Crippen LogP contribution is 2.27. The molecule has 0 atom stereocenters. The third kappa shape index (κ3) is 6.39. The Kier molecular flexibility index (Phi) is 7.66. The molecule has 0 saturated heterocycles. The topological polar surface area (TPSA) is 129 Å². The second-order valence-corrected chi connectivity index (χ2v) is 7.86. The number of aromatic nitrogens is 1. The molecule has 8 heteroatoms. The number of hydrogen-bond donors (Lipinski definition) is 2. The molecule has 2 amide bonds. The molecule has 2 aromatic carbocycles. The van der Waals surface area contributed by atoms with Crippen LogP contribution in [0.2, 0.25) is 0 Å². The number of anilines is 2. The summed E-state index contributed by atoms with van der Waals surface area (Å²) < 4.78 is 0. The third-order valence-electron chi connectivity index (χ3n) is 4.46. The Bertz CT molecular complexity index is 1160. The summed E-state index contributed by atoms with van der Waals surface area (Å²) in [6, 6.07) is 16.4.